The van der Waals surface area contributed by atoms with Crippen LogP contribution in [0.15, 0.2) is 0 Å². The SMILES string of the molecule is COC1CC[C@@H](COCC2CC2)N1C(=O)OC(C)(C)C. The van der Waals surface area contributed by atoms with E-state index in [9.17, 15) is 4.79 Å². The summed E-state index contributed by atoms with van der Waals surface area (Å²) in [4.78, 5) is 14.0. The average Bonchev–Trinajstić information content (AvgIpc) is 3.05. The number of rotatable bonds is 5. The Balaban J connectivity index is 1.89. The molecule has 1 saturated heterocycles. The molecule has 5 nitrogen and oxygen atoms in total. The first kappa shape index (κ1) is 15.6. The molecule has 0 radical (unpaired) electrons. The van der Waals surface area contributed by atoms with Gasteiger partial charge < -0.3 is 14.2 Å². The zero-order valence-corrected chi connectivity index (χ0v) is 13.1. The van der Waals surface area contributed by atoms with Crippen LogP contribution in [0.4, 0.5) is 4.79 Å². The Morgan fingerprint density at radius 3 is 2.40 bits per heavy atom. The number of carbonyl (C=O) groups excluding carboxylic acids is 1. The fraction of sp³-hybridized carbons (Fsp3) is 0.933. The molecule has 2 rings (SSSR count). The highest BCUT2D eigenvalue weighted by Crippen LogP contribution is 2.30. The Bertz CT molecular complexity index is 335. The summed E-state index contributed by atoms with van der Waals surface area (Å²) in [6, 6.07) is 0.0635. The summed E-state index contributed by atoms with van der Waals surface area (Å²) in [5.41, 5.74) is -0.489. The van der Waals surface area contributed by atoms with Gasteiger partial charge in [0.15, 0.2) is 0 Å². The predicted molar refractivity (Wildman–Crippen MR) is 75.4 cm³/mol. The van der Waals surface area contributed by atoms with E-state index in [1.807, 2.05) is 20.8 Å². The van der Waals surface area contributed by atoms with Crippen molar-refractivity contribution in [3.8, 4) is 0 Å². The zero-order chi connectivity index (χ0) is 14.8. The molecule has 0 N–H and O–H groups in total. The summed E-state index contributed by atoms with van der Waals surface area (Å²) in [7, 11) is 1.63. The number of methoxy groups -OCH3 is 1. The van der Waals surface area contributed by atoms with Crippen LogP contribution in [0, 0.1) is 5.92 Å². The first-order valence-corrected chi connectivity index (χ1v) is 7.52. The first-order chi connectivity index (χ1) is 9.40. The van der Waals surface area contributed by atoms with E-state index in [2.05, 4.69) is 0 Å². The molecule has 5 heteroatoms. The maximum Gasteiger partial charge on any atom is 0.412 e. The van der Waals surface area contributed by atoms with Crippen molar-refractivity contribution in [2.24, 2.45) is 5.92 Å². The largest absolute Gasteiger partial charge is 0.444 e. The maximum absolute atomic E-state index is 12.3. The minimum Gasteiger partial charge on any atom is -0.444 e. The van der Waals surface area contributed by atoms with Crippen molar-refractivity contribution in [3.63, 3.8) is 0 Å². The van der Waals surface area contributed by atoms with E-state index in [4.69, 9.17) is 14.2 Å². The van der Waals surface area contributed by atoms with Crippen LogP contribution in [0.1, 0.15) is 46.5 Å². The zero-order valence-electron chi connectivity index (χ0n) is 13.1. The summed E-state index contributed by atoms with van der Waals surface area (Å²) >= 11 is 0. The van der Waals surface area contributed by atoms with E-state index < -0.39 is 5.60 Å². The highest BCUT2D eigenvalue weighted by Gasteiger charge is 2.39. The molecule has 2 fully saturated rings. The third-order valence-electron chi connectivity index (χ3n) is 3.69. The van der Waals surface area contributed by atoms with Gasteiger partial charge in [0.2, 0.25) is 0 Å². The number of ether oxygens (including phenoxy) is 3. The summed E-state index contributed by atoms with van der Waals surface area (Å²) in [5, 5.41) is 0. The summed E-state index contributed by atoms with van der Waals surface area (Å²) in [6.07, 6.45) is 3.80. The number of nitrogens with zero attached hydrogens (tertiary/aromatic N) is 1. The van der Waals surface area contributed by atoms with Crippen molar-refractivity contribution in [2.75, 3.05) is 20.3 Å². The molecule has 20 heavy (non-hydrogen) atoms. The number of hydrogen-bond donors (Lipinski definition) is 0. The van der Waals surface area contributed by atoms with Crippen LogP contribution in [-0.4, -0.2) is 49.2 Å². The van der Waals surface area contributed by atoms with Gasteiger partial charge in [0.1, 0.15) is 11.8 Å². The molecule has 1 aliphatic carbocycles. The van der Waals surface area contributed by atoms with Crippen LogP contribution < -0.4 is 0 Å². The second-order valence-corrected chi connectivity index (χ2v) is 6.79. The van der Waals surface area contributed by atoms with Gasteiger partial charge in [0, 0.05) is 13.7 Å². The Morgan fingerprint density at radius 1 is 1.15 bits per heavy atom. The second-order valence-electron chi connectivity index (χ2n) is 6.79. The molecule has 1 aliphatic heterocycles. The highest BCUT2D eigenvalue weighted by atomic mass is 16.6. The van der Waals surface area contributed by atoms with Gasteiger partial charge in [-0.05, 0) is 52.4 Å². The fourth-order valence-corrected chi connectivity index (χ4v) is 2.48. The average molecular weight is 285 g/mol. The Hall–Kier alpha value is -0.810. The van der Waals surface area contributed by atoms with E-state index >= 15 is 0 Å². The third kappa shape index (κ3) is 4.35. The quantitative estimate of drug-likeness (QED) is 0.779. The summed E-state index contributed by atoms with van der Waals surface area (Å²) in [6.45, 7) is 7.02. The molecule has 0 aromatic heterocycles. The number of likely N-dealkylation sites (tertiary alicyclic amines) is 1. The van der Waals surface area contributed by atoms with Crippen LogP contribution in [-0.2, 0) is 14.2 Å². The maximum atomic E-state index is 12.3. The van der Waals surface area contributed by atoms with Gasteiger partial charge in [-0.15, -0.1) is 0 Å². The lowest BCUT2D eigenvalue weighted by Gasteiger charge is -2.31. The monoisotopic (exact) mass is 285 g/mol. The van der Waals surface area contributed by atoms with Gasteiger partial charge in [-0.25, -0.2) is 4.79 Å². The molecule has 1 unspecified atom stereocenters. The van der Waals surface area contributed by atoms with E-state index in [1.165, 1.54) is 12.8 Å². The van der Waals surface area contributed by atoms with Crippen LogP contribution in [0.2, 0.25) is 0 Å². The molecule has 116 valence electrons. The van der Waals surface area contributed by atoms with Crippen molar-refractivity contribution < 1.29 is 19.0 Å². The van der Waals surface area contributed by atoms with E-state index in [-0.39, 0.29) is 18.4 Å². The van der Waals surface area contributed by atoms with Crippen molar-refractivity contribution >= 4 is 6.09 Å². The van der Waals surface area contributed by atoms with Crippen LogP contribution >= 0.6 is 0 Å². The standard InChI is InChI=1S/C15H27NO4/c1-15(2,3)20-14(17)16-12(7-8-13(16)18-4)10-19-9-11-5-6-11/h11-13H,5-10H2,1-4H3/t12-,13?/m0/s1. The molecule has 0 aromatic carbocycles. The van der Waals surface area contributed by atoms with E-state index in [1.54, 1.807) is 12.0 Å². The molecule has 1 amide bonds. The van der Waals surface area contributed by atoms with E-state index in [0.29, 0.717) is 6.61 Å². The summed E-state index contributed by atoms with van der Waals surface area (Å²) in [5.74, 6) is 0.740. The van der Waals surface area contributed by atoms with E-state index in [0.717, 1.165) is 25.4 Å². The minimum absolute atomic E-state index is 0.0635. The lowest BCUT2D eigenvalue weighted by molar-refractivity contribution is -0.0522. The molecule has 0 aromatic rings. The Labute approximate surface area is 121 Å². The third-order valence-corrected chi connectivity index (χ3v) is 3.69. The first-order valence-electron chi connectivity index (χ1n) is 7.52. The second kappa shape index (κ2) is 6.31. The van der Waals surface area contributed by atoms with Crippen LogP contribution in [0.25, 0.3) is 0 Å². The van der Waals surface area contributed by atoms with Crippen molar-refractivity contribution in [3.05, 3.63) is 0 Å². The molecule has 0 spiro atoms. The fourth-order valence-electron chi connectivity index (χ4n) is 2.48. The normalized spacial score (nSPS) is 26.9. The topological polar surface area (TPSA) is 48.0 Å². The van der Waals surface area contributed by atoms with Crippen molar-refractivity contribution in [2.45, 2.75) is 64.3 Å². The molecule has 1 saturated carbocycles. The minimum atomic E-state index is -0.489. The number of amides is 1. The predicted octanol–water partition coefficient (Wildman–Crippen LogP) is 2.79. The lowest BCUT2D eigenvalue weighted by Crippen LogP contribution is -2.46. The smallest absolute Gasteiger partial charge is 0.412 e. The van der Waals surface area contributed by atoms with Gasteiger partial charge in [0.25, 0.3) is 0 Å². The Morgan fingerprint density at radius 2 is 1.85 bits per heavy atom. The number of carbonyl (C=O) groups is 1. The molecule has 1 heterocycles. The molecular formula is C15H27NO4. The van der Waals surface area contributed by atoms with Gasteiger partial charge in [0.05, 0.1) is 12.6 Å². The van der Waals surface area contributed by atoms with Gasteiger partial charge in [-0.2, -0.15) is 0 Å². The highest BCUT2D eigenvalue weighted by molar-refractivity contribution is 5.69. The molecule has 2 aliphatic rings. The lowest BCUT2D eigenvalue weighted by atomic mass is 10.2. The van der Waals surface area contributed by atoms with Crippen molar-refractivity contribution in [1.29, 1.82) is 0 Å². The molecular weight excluding hydrogens is 258 g/mol. The van der Waals surface area contributed by atoms with Crippen molar-refractivity contribution in [1.82, 2.24) is 4.90 Å². The molecule has 2 atom stereocenters. The number of hydrogen-bond acceptors (Lipinski definition) is 4. The van der Waals surface area contributed by atoms with Gasteiger partial charge in [-0.1, -0.05) is 0 Å². The van der Waals surface area contributed by atoms with Gasteiger partial charge >= 0.3 is 6.09 Å². The van der Waals surface area contributed by atoms with Gasteiger partial charge in [-0.3, -0.25) is 4.90 Å². The Kier molecular flexibility index (Phi) is 4.91. The summed E-state index contributed by atoms with van der Waals surface area (Å²) < 4.78 is 16.6. The molecule has 0 bridgehead atoms. The van der Waals surface area contributed by atoms with Crippen LogP contribution in [0.3, 0.4) is 0 Å². The van der Waals surface area contributed by atoms with Crippen LogP contribution in [0.5, 0.6) is 0 Å².